The van der Waals surface area contributed by atoms with Gasteiger partial charge in [-0.1, -0.05) is 5.21 Å². The minimum absolute atomic E-state index is 0.498. The molecule has 0 spiro atoms. The normalized spacial score (nSPS) is 20.2. The van der Waals surface area contributed by atoms with Crippen molar-refractivity contribution in [3.63, 3.8) is 0 Å². The summed E-state index contributed by atoms with van der Waals surface area (Å²) in [4.78, 5) is 0. The molecule has 2 rings (SSSR count). The van der Waals surface area contributed by atoms with Gasteiger partial charge in [-0.2, -0.15) is 0 Å². The third kappa shape index (κ3) is 1.26. The summed E-state index contributed by atoms with van der Waals surface area (Å²) in [5.74, 6) is 0. The number of aromatic nitrogens is 3. The van der Waals surface area contributed by atoms with Crippen molar-refractivity contribution in [1.82, 2.24) is 15.0 Å². The first-order valence-electron chi connectivity index (χ1n) is 3.87. The van der Waals surface area contributed by atoms with E-state index >= 15 is 0 Å². The predicted octanol–water partition coefficient (Wildman–Crippen LogP) is 0.666. The molecular weight excluding hydrogens is 142 g/mol. The van der Waals surface area contributed by atoms with Gasteiger partial charge in [0.15, 0.2) is 0 Å². The molecular formula is C7H11N3O. The van der Waals surface area contributed by atoms with Crippen LogP contribution in [0.5, 0.6) is 0 Å². The van der Waals surface area contributed by atoms with Crippen LogP contribution in [0.3, 0.4) is 0 Å². The quantitative estimate of drug-likeness (QED) is 0.679. The third-order valence-electron chi connectivity index (χ3n) is 1.88. The van der Waals surface area contributed by atoms with E-state index in [9.17, 15) is 0 Å². The van der Waals surface area contributed by atoms with Gasteiger partial charge < -0.3 is 5.11 Å². The van der Waals surface area contributed by atoms with Gasteiger partial charge in [0, 0.05) is 0 Å². The molecule has 1 fully saturated rings. The first-order valence-corrected chi connectivity index (χ1v) is 3.87. The van der Waals surface area contributed by atoms with Crippen LogP contribution in [0.4, 0.5) is 0 Å². The van der Waals surface area contributed by atoms with Crippen molar-refractivity contribution < 1.29 is 5.11 Å². The molecule has 0 aromatic carbocycles. The lowest BCUT2D eigenvalue weighted by Crippen LogP contribution is -1.93. The highest BCUT2D eigenvalue weighted by Crippen LogP contribution is 2.33. The molecule has 1 N–H and O–H groups in total. The van der Waals surface area contributed by atoms with Crippen molar-refractivity contribution in [2.75, 3.05) is 0 Å². The maximum atomic E-state index is 9.12. The van der Waals surface area contributed by atoms with Gasteiger partial charge in [0.05, 0.1) is 18.3 Å². The Labute approximate surface area is 64.8 Å². The summed E-state index contributed by atoms with van der Waals surface area (Å²) < 4.78 is 1.84. The first-order chi connectivity index (χ1) is 5.27. The van der Waals surface area contributed by atoms with Crippen molar-refractivity contribution in [3.8, 4) is 0 Å². The lowest BCUT2D eigenvalue weighted by atomic mass is 10.3. The zero-order valence-electron chi connectivity index (χ0n) is 6.44. The number of aliphatic hydroxyl groups is 1. The van der Waals surface area contributed by atoms with E-state index in [0.29, 0.717) is 11.7 Å². The summed E-state index contributed by atoms with van der Waals surface area (Å²) in [6, 6.07) is 0.551. The van der Waals surface area contributed by atoms with Crippen molar-refractivity contribution in [2.24, 2.45) is 0 Å². The zero-order valence-corrected chi connectivity index (χ0v) is 6.44. The van der Waals surface area contributed by atoms with E-state index < -0.39 is 6.10 Å². The lowest BCUT2D eigenvalue weighted by molar-refractivity contribution is 0.194. The Morgan fingerprint density at radius 2 is 2.45 bits per heavy atom. The monoisotopic (exact) mass is 153 g/mol. The molecule has 11 heavy (non-hydrogen) atoms. The van der Waals surface area contributed by atoms with Gasteiger partial charge in [-0.25, -0.2) is 4.68 Å². The molecule has 0 aliphatic heterocycles. The molecule has 1 aliphatic carbocycles. The molecule has 60 valence electrons. The van der Waals surface area contributed by atoms with Gasteiger partial charge in [-0.05, 0) is 19.8 Å². The van der Waals surface area contributed by atoms with E-state index in [1.54, 1.807) is 6.92 Å². The summed E-state index contributed by atoms with van der Waals surface area (Å²) in [5, 5.41) is 16.9. The van der Waals surface area contributed by atoms with Gasteiger partial charge in [-0.15, -0.1) is 5.10 Å². The van der Waals surface area contributed by atoms with Crippen LogP contribution in [0.25, 0.3) is 0 Å². The van der Waals surface area contributed by atoms with Gasteiger partial charge in [0.25, 0.3) is 0 Å². The van der Waals surface area contributed by atoms with E-state index in [1.807, 2.05) is 10.9 Å². The summed E-state index contributed by atoms with van der Waals surface area (Å²) in [6.07, 6.45) is 3.72. The molecule has 1 atom stereocenters. The second-order valence-electron chi connectivity index (χ2n) is 3.03. The van der Waals surface area contributed by atoms with Crippen LogP contribution in [0.1, 0.15) is 37.6 Å². The first kappa shape index (κ1) is 6.79. The molecule has 1 saturated carbocycles. The van der Waals surface area contributed by atoms with Gasteiger partial charge in [-0.3, -0.25) is 0 Å². The minimum Gasteiger partial charge on any atom is -0.387 e. The van der Waals surface area contributed by atoms with Crippen molar-refractivity contribution in [1.29, 1.82) is 0 Å². The fourth-order valence-corrected chi connectivity index (χ4v) is 0.999. The Balaban J connectivity index is 2.18. The highest BCUT2D eigenvalue weighted by Gasteiger charge is 2.25. The summed E-state index contributed by atoms with van der Waals surface area (Å²) in [6.45, 7) is 1.70. The molecule has 4 nitrogen and oxygen atoms in total. The highest BCUT2D eigenvalue weighted by molar-refractivity contribution is 4.98. The van der Waals surface area contributed by atoms with Crippen molar-refractivity contribution in [3.05, 3.63) is 11.9 Å². The van der Waals surface area contributed by atoms with Crippen molar-refractivity contribution in [2.45, 2.75) is 31.9 Å². The molecule has 1 aromatic rings. The Hall–Kier alpha value is -0.900. The molecule has 0 saturated heterocycles. The zero-order chi connectivity index (χ0) is 7.84. The number of hydrogen-bond acceptors (Lipinski definition) is 3. The minimum atomic E-state index is -0.498. The van der Waals surface area contributed by atoms with Crippen LogP contribution in [0.2, 0.25) is 0 Å². The van der Waals surface area contributed by atoms with E-state index in [0.717, 1.165) is 0 Å². The van der Waals surface area contributed by atoms with E-state index in [2.05, 4.69) is 10.3 Å². The molecule has 1 aliphatic rings. The second-order valence-corrected chi connectivity index (χ2v) is 3.03. The smallest absolute Gasteiger partial charge is 0.111 e. The number of rotatable bonds is 2. The lowest BCUT2D eigenvalue weighted by Gasteiger charge is -1.94. The average molecular weight is 153 g/mol. The number of nitrogens with zero attached hydrogens (tertiary/aromatic N) is 3. The van der Waals surface area contributed by atoms with Crippen LogP contribution in [0, 0.1) is 0 Å². The molecule has 1 heterocycles. The second kappa shape index (κ2) is 2.30. The summed E-state index contributed by atoms with van der Waals surface area (Å²) >= 11 is 0. The molecule has 0 radical (unpaired) electrons. The van der Waals surface area contributed by atoms with Crippen molar-refractivity contribution >= 4 is 0 Å². The number of hydrogen-bond donors (Lipinski definition) is 1. The van der Waals surface area contributed by atoms with Crippen LogP contribution in [0.15, 0.2) is 6.20 Å². The maximum absolute atomic E-state index is 9.12. The predicted molar refractivity (Wildman–Crippen MR) is 38.9 cm³/mol. The molecule has 0 amide bonds. The fraction of sp³-hybridized carbons (Fsp3) is 0.714. The summed E-state index contributed by atoms with van der Waals surface area (Å²) in [7, 11) is 0. The van der Waals surface area contributed by atoms with Crippen LogP contribution in [-0.4, -0.2) is 20.1 Å². The average Bonchev–Trinajstić information content (AvgIpc) is 2.68. The van der Waals surface area contributed by atoms with Gasteiger partial charge >= 0.3 is 0 Å². The van der Waals surface area contributed by atoms with Crippen LogP contribution >= 0.6 is 0 Å². The largest absolute Gasteiger partial charge is 0.387 e. The number of aliphatic hydroxyl groups excluding tert-OH is 1. The van der Waals surface area contributed by atoms with Gasteiger partial charge in [0.1, 0.15) is 5.69 Å². The Bertz CT molecular complexity index is 235. The fourth-order valence-electron chi connectivity index (χ4n) is 0.999. The molecule has 0 bridgehead atoms. The third-order valence-corrected chi connectivity index (χ3v) is 1.88. The molecule has 4 heteroatoms. The Kier molecular flexibility index (Phi) is 1.42. The molecule has 0 unspecified atom stereocenters. The topological polar surface area (TPSA) is 50.9 Å². The maximum Gasteiger partial charge on any atom is 0.111 e. The summed E-state index contributed by atoms with van der Waals surface area (Å²) in [5.41, 5.74) is 0.664. The van der Waals surface area contributed by atoms with Crippen LogP contribution < -0.4 is 0 Å². The Morgan fingerprint density at radius 1 is 1.73 bits per heavy atom. The highest BCUT2D eigenvalue weighted by atomic mass is 16.3. The standard InChI is InChI=1S/C7H11N3O/c1-5(11)7-4-10(9-8-7)6-2-3-6/h4-6,11H,2-3H2,1H3/t5-/m0/s1. The SMILES string of the molecule is C[C@H](O)c1cn(C2CC2)nn1. The van der Waals surface area contributed by atoms with E-state index in [4.69, 9.17) is 5.11 Å². The Morgan fingerprint density at radius 3 is 2.91 bits per heavy atom. The van der Waals surface area contributed by atoms with E-state index in [-0.39, 0.29) is 0 Å². The van der Waals surface area contributed by atoms with Gasteiger partial charge in [0.2, 0.25) is 0 Å². The van der Waals surface area contributed by atoms with E-state index in [1.165, 1.54) is 12.8 Å². The van der Waals surface area contributed by atoms with Crippen LogP contribution in [-0.2, 0) is 0 Å². The molecule has 1 aromatic heterocycles.